The minimum atomic E-state index is -0.231. The summed E-state index contributed by atoms with van der Waals surface area (Å²) >= 11 is 4.96. The minimum Gasteiger partial charge on any atom is -0.358 e. The van der Waals surface area contributed by atoms with E-state index in [-0.39, 0.29) is 5.91 Å². The Morgan fingerprint density at radius 3 is 2.53 bits per heavy atom. The van der Waals surface area contributed by atoms with Crippen molar-refractivity contribution in [2.75, 3.05) is 6.54 Å². The molecule has 0 aliphatic heterocycles. The third-order valence-electron chi connectivity index (χ3n) is 1.88. The van der Waals surface area contributed by atoms with Crippen LogP contribution in [0.3, 0.4) is 0 Å². The Hall–Kier alpha value is -1.88. The van der Waals surface area contributed by atoms with E-state index in [0.29, 0.717) is 17.2 Å². The van der Waals surface area contributed by atoms with E-state index in [1.54, 1.807) is 24.3 Å². The second-order valence-electron chi connectivity index (χ2n) is 3.58. The van der Waals surface area contributed by atoms with Crippen molar-refractivity contribution in [1.29, 1.82) is 0 Å². The Labute approximate surface area is 106 Å². The fourth-order valence-corrected chi connectivity index (χ4v) is 1.17. The quantitative estimate of drug-likeness (QED) is 0.430. The molecule has 0 saturated carbocycles. The van der Waals surface area contributed by atoms with Gasteiger partial charge in [0.15, 0.2) is 5.11 Å². The van der Waals surface area contributed by atoms with Gasteiger partial charge in [-0.3, -0.25) is 15.6 Å². The number of hydrogen-bond donors (Lipinski definition) is 3. The van der Waals surface area contributed by atoms with Gasteiger partial charge in [-0.25, -0.2) is 0 Å². The van der Waals surface area contributed by atoms with E-state index < -0.39 is 0 Å². The van der Waals surface area contributed by atoms with Crippen molar-refractivity contribution in [3.63, 3.8) is 0 Å². The van der Waals surface area contributed by atoms with Crippen LogP contribution in [0.2, 0.25) is 0 Å². The lowest BCUT2D eigenvalue weighted by molar-refractivity contribution is 0.0943. The van der Waals surface area contributed by atoms with E-state index in [0.717, 1.165) is 5.57 Å². The maximum absolute atomic E-state index is 11.6. The molecule has 0 spiro atoms. The van der Waals surface area contributed by atoms with Crippen LogP contribution in [0.25, 0.3) is 0 Å². The molecule has 0 heterocycles. The molecule has 0 atom stereocenters. The summed E-state index contributed by atoms with van der Waals surface area (Å²) in [5.74, 6) is -0.231. The molecule has 0 fully saturated rings. The van der Waals surface area contributed by atoms with Gasteiger partial charge in [0.25, 0.3) is 5.91 Å². The molecular weight excluding hydrogens is 234 g/mol. The predicted octanol–water partition coefficient (Wildman–Crippen LogP) is 1.37. The van der Waals surface area contributed by atoms with Crippen molar-refractivity contribution in [3.8, 4) is 0 Å². The van der Waals surface area contributed by atoms with Crippen LogP contribution in [0.15, 0.2) is 42.5 Å². The molecule has 90 valence electrons. The van der Waals surface area contributed by atoms with E-state index >= 15 is 0 Å². The number of benzene rings is 1. The maximum atomic E-state index is 11.6. The molecule has 1 aromatic carbocycles. The lowest BCUT2D eigenvalue weighted by Crippen LogP contribution is -2.47. The van der Waals surface area contributed by atoms with Gasteiger partial charge in [0.1, 0.15) is 0 Å². The number of carbonyl (C=O) groups excluding carboxylic acids is 1. The molecule has 0 unspecified atom stereocenters. The number of hydrogen-bond acceptors (Lipinski definition) is 2. The third kappa shape index (κ3) is 5.12. The van der Waals surface area contributed by atoms with Crippen LogP contribution >= 0.6 is 12.2 Å². The normalized spacial score (nSPS) is 9.24. The summed E-state index contributed by atoms with van der Waals surface area (Å²) in [6.45, 7) is 6.20. The topological polar surface area (TPSA) is 53.2 Å². The van der Waals surface area contributed by atoms with Crippen molar-refractivity contribution >= 4 is 23.2 Å². The fourth-order valence-electron chi connectivity index (χ4n) is 1.05. The zero-order chi connectivity index (χ0) is 12.7. The highest BCUT2D eigenvalue weighted by atomic mass is 32.1. The average molecular weight is 249 g/mol. The van der Waals surface area contributed by atoms with Gasteiger partial charge in [0.05, 0.1) is 0 Å². The molecule has 3 N–H and O–H groups in total. The van der Waals surface area contributed by atoms with Crippen LogP contribution in [0.1, 0.15) is 17.3 Å². The smallest absolute Gasteiger partial charge is 0.269 e. The molecular formula is C12H15N3OS. The standard InChI is InChI=1S/C12H15N3OS/c1-9(2)8-13-12(17)15-14-11(16)10-6-4-3-5-7-10/h3-7H,1,8H2,2H3,(H,14,16)(H2,13,15,17). The first-order chi connectivity index (χ1) is 8.09. The molecule has 17 heavy (non-hydrogen) atoms. The predicted molar refractivity (Wildman–Crippen MR) is 72.5 cm³/mol. The van der Waals surface area contributed by atoms with Crippen molar-refractivity contribution in [3.05, 3.63) is 48.0 Å². The van der Waals surface area contributed by atoms with Crippen LogP contribution in [0.4, 0.5) is 0 Å². The SMILES string of the molecule is C=C(C)CNC(=S)NNC(=O)c1ccccc1. The molecule has 0 saturated heterocycles. The van der Waals surface area contributed by atoms with Crippen LogP contribution in [-0.4, -0.2) is 17.6 Å². The monoisotopic (exact) mass is 249 g/mol. The van der Waals surface area contributed by atoms with Crippen molar-refractivity contribution in [1.82, 2.24) is 16.2 Å². The Balaban J connectivity index is 2.34. The van der Waals surface area contributed by atoms with Crippen molar-refractivity contribution in [2.24, 2.45) is 0 Å². The highest BCUT2D eigenvalue weighted by molar-refractivity contribution is 7.80. The van der Waals surface area contributed by atoms with Crippen molar-refractivity contribution in [2.45, 2.75) is 6.92 Å². The summed E-state index contributed by atoms with van der Waals surface area (Å²) < 4.78 is 0. The van der Waals surface area contributed by atoms with Gasteiger partial charge in [-0.2, -0.15) is 0 Å². The van der Waals surface area contributed by atoms with Gasteiger partial charge in [-0.05, 0) is 31.3 Å². The van der Waals surface area contributed by atoms with Gasteiger partial charge in [0.2, 0.25) is 0 Å². The summed E-state index contributed by atoms with van der Waals surface area (Å²) in [4.78, 5) is 11.6. The van der Waals surface area contributed by atoms with Gasteiger partial charge in [0, 0.05) is 12.1 Å². The lowest BCUT2D eigenvalue weighted by Gasteiger charge is -2.11. The second-order valence-corrected chi connectivity index (χ2v) is 3.99. The first-order valence-electron chi connectivity index (χ1n) is 5.13. The van der Waals surface area contributed by atoms with E-state index in [1.807, 2.05) is 13.0 Å². The molecule has 0 aromatic heterocycles. The Bertz CT molecular complexity index is 417. The van der Waals surface area contributed by atoms with Gasteiger partial charge in [-0.1, -0.05) is 30.4 Å². The third-order valence-corrected chi connectivity index (χ3v) is 2.12. The Kier molecular flexibility index (Phi) is 5.16. The summed E-state index contributed by atoms with van der Waals surface area (Å²) in [7, 11) is 0. The van der Waals surface area contributed by atoms with Crippen LogP contribution in [0.5, 0.6) is 0 Å². The van der Waals surface area contributed by atoms with E-state index in [1.165, 1.54) is 0 Å². The molecule has 1 amide bonds. The zero-order valence-electron chi connectivity index (χ0n) is 9.62. The zero-order valence-corrected chi connectivity index (χ0v) is 10.4. The van der Waals surface area contributed by atoms with E-state index in [4.69, 9.17) is 12.2 Å². The van der Waals surface area contributed by atoms with Gasteiger partial charge in [-0.15, -0.1) is 0 Å². The fraction of sp³-hybridized carbons (Fsp3) is 0.167. The van der Waals surface area contributed by atoms with E-state index in [9.17, 15) is 4.79 Å². The largest absolute Gasteiger partial charge is 0.358 e. The highest BCUT2D eigenvalue weighted by Gasteiger charge is 2.03. The molecule has 0 aliphatic carbocycles. The Morgan fingerprint density at radius 1 is 1.29 bits per heavy atom. The number of thiocarbonyl (C=S) groups is 1. The van der Waals surface area contributed by atoms with E-state index in [2.05, 4.69) is 22.7 Å². The number of hydrazine groups is 1. The van der Waals surface area contributed by atoms with Gasteiger partial charge < -0.3 is 5.32 Å². The van der Waals surface area contributed by atoms with Crippen LogP contribution < -0.4 is 16.2 Å². The summed E-state index contributed by atoms with van der Waals surface area (Å²) in [6, 6.07) is 8.89. The summed E-state index contributed by atoms with van der Waals surface area (Å²) in [6.07, 6.45) is 0. The maximum Gasteiger partial charge on any atom is 0.269 e. The average Bonchev–Trinajstić information content (AvgIpc) is 2.34. The lowest BCUT2D eigenvalue weighted by atomic mass is 10.2. The van der Waals surface area contributed by atoms with Crippen LogP contribution in [0, 0.1) is 0 Å². The van der Waals surface area contributed by atoms with Crippen LogP contribution in [-0.2, 0) is 0 Å². The molecule has 1 rings (SSSR count). The number of carbonyl (C=O) groups is 1. The first kappa shape index (κ1) is 13.2. The molecule has 1 aromatic rings. The first-order valence-corrected chi connectivity index (χ1v) is 5.54. The van der Waals surface area contributed by atoms with Gasteiger partial charge >= 0.3 is 0 Å². The second kappa shape index (κ2) is 6.65. The van der Waals surface area contributed by atoms with Crippen molar-refractivity contribution < 1.29 is 4.79 Å². The molecule has 4 nitrogen and oxygen atoms in total. The molecule has 5 heteroatoms. The number of rotatable bonds is 3. The molecule has 0 bridgehead atoms. The molecule has 0 aliphatic rings. The minimum absolute atomic E-state index is 0.231. The molecule has 0 radical (unpaired) electrons. The highest BCUT2D eigenvalue weighted by Crippen LogP contribution is 1.96. The number of amides is 1. The Morgan fingerprint density at radius 2 is 1.94 bits per heavy atom. The number of nitrogens with one attached hydrogen (secondary N) is 3. The summed E-state index contributed by atoms with van der Waals surface area (Å²) in [5.41, 5.74) is 6.65. The summed E-state index contributed by atoms with van der Waals surface area (Å²) in [5, 5.41) is 3.25.